The van der Waals surface area contributed by atoms with Gasteiger partial charge in [0, 0.05) is 17.8 Å². The van der Waals surface area contributed by atoms with Gasteiger partial charge in [0.1, 0.15) is 13.2 Å². The van der Waals surface area contributed by atoms with Gasteiger partial charge in [0.2, 0.25) is 5.91 Å². The van der Waals surface area contributed by atoms with Crippen LogP contribution in [0.2, 0.25) is 0 Å². The lowest BCUT2D eigenvalue weighted by molar-refractivity contribution is -0.111. The van der Waals surface area contributed by atoms with E-state index in [1.165, 1.54) is 5.56 Å². The lowest BCUT2D eigenvalue weighted by Gasteiger charge is -2.20. The van der Waals surface area contributed by atoms with Gasteiger partial charge in [0.05, 0.1) is 0 Å². The largest absolute Gasteiger partial charge is 0.486 e. The van der Waals surface area contributed by atoms with E-state index in [4.69, 9.17) is 9.47 Å². The summed E-state index contributed by atoms with van der Waals surface area (Å²) in [4.78, 5) is 13.0. The molecule has 164 valence electrons. The predicted octanol–water partition coefficient (Wildman–Crippen LogP) is 6.13. The van der Waals surface area contributed by atoms with Crippen LogP contribution in [0, 0.1) is 6.92 Å². The Kier molecular flexibility index (Phi) is 6.04. The fourth-order valence-corrected chi connectivity index (χ4v) is 3.77. The molecule has 32 heavy (non-hydrogen) atoms. The van der Waals surface area contributed by atoms with Gasteiger partial charge in [-0.15, -0.1) is 0 Å². The molecule has 1 heterocycles. The average Bonchev–Trinajstić information content (AvgIpc) is 2.77. The van der Waals surface area contributed by atoms with Crippen LogP contribution in [0.1, 0.15) is 43.0 Å². The minimum absolute atomic E-state index is 0.0701. The quantitative estimate of drug-likeness (QED) is 0.509. The molecule has 0 atom stereocenters. The van der Waals surface area contributed by atoms with Gasteiger partial charge < -0.3 is 14.8 Å². The maximum absolute atomic E-state index is 13.0. The summed E-state index contributed by atoms with van der Waals surface area (Å²) in [5.74, 6) is 1.15. The Morgan fingerprint density at radius 3 is 2.28 bits per heavy atom. The molecule has 4 rings (SSSR count). The SMILES string of the molecule is Cc1ccccc1/C(=C/C(=O)Nc1ccc2c(c1)OCCO2)c1ccc(C(C)(C)C)cc1. The molecule has 0 aromatic heterocycles. The first kappa shape index (κ1) is 21.7. The fourth-order valence-electron chi connectivity index (χ4n) is 3.77. The summed E-state index contributed by atoms with van der Waals surface area (Å²) in [7, 11) is 0. The summed E-state index contributed by atoms with van der Waals surface area (Å²) < 4.78 is 11.2. The van der Waals surface area contributed by atoms with Gasteiger partial charge in [-0.2, -0.15) is 0 Å². The number of aryl methyl sites for hydroxylation is 1. The molecule has 0 aliphatic carbocycles. The van der Waals surface area contributed by atoms with Crippen molar-refractivity contribution in [2.75, 3.05) is 18.5 Å². The van der Waals surface area contributed by atoms with Crippen LogP contribution in [0.4, 0.5) is 5.69 Å². The Hall–Kier alpha value is -3.53. The van der Waals surface area contributed by atoms with Crippen molar-refractivity contribution in [3.63, 3.8) is 0 Å². The molecular weight excluding hydrogens is 398 g/mol. The molecule has 4 heteroatoms. The van der Waals surface area contributed by atoms with E-state index in [1.54, 1.807) is 12.1 Å². The molecule has 0 radical (unpaired) electrons. The number of rotatable bonds is 4. The summed E-state index contributed by atoms with van der Waals surface area (Å²) in [6.07, 6.45) is 1.67. The third kappa shape index (κ3) is 4.86. The molecule has 0 bridgehead atoms. The summed E-state index contributed by atoms with van der Waals surface area (Å²) in [6, 6.07) is 22.0. The molecule has 3 aromatic carbocycles. The van der Waals surface area contributed by atoms with Crippen LogP contribution in [-0.4, -0.2) is 19.1 Å². The number of amides is 1. The van der Waals surface area contributed by atoms with E-state index in [0.717, 1.165) is 22.3 Å². The molecule has 1 aliphatic rings. The molecule has 0 saturated carbocycles. The number of anilines is 1. The van der Waals surface area contributed by atoms with Crippen LogP contribution >= 0.6 is 0 Å². The van der Waals surface area contributed by atoms with Crippen molar-refractivity contribution in [1.82, 2.24) is 0 Å². The topological polar surface area (TPSA) is 47.6 Å². The maximum Gasteiger partial charge on any atom is 0.249 e. The Balaban J connectivity index is 1.67. The van der Waals surface area contributed by atoms with E-state index >= 15 is 0 Å². The van der Waals surface area contributed by atoms with Crippen LogP contribution in [0.5, 0.6) is 11.5 Å². The summed E-state index contributed by atoms with van der Waals surface area (Å²) in [5.41, 5.74) is 6.04. The zero-order chi connectivity index (χ0) is 22.7. The molecule has 1 N–H and O–H groups in total. The van der Waals surface area contributed by atoms with Crippen molar-refractivity contribution in [2.24, 2.45) is 0 Å². The molecule has 0 unspecified atom stereocenters. The third-order valence-electron chi connectivity index (χ3n) is 5.58. The lowest BCUT2D eigenvalue weighted by atomic mass is 9.85. The number of ether oxygens (including phenoxy) is 2. The molecule has 1 amide bonds. The van der Waals surface area contributed by atoms with Crippen molar-refractivity contribution in [3.8, 4) is 11.5 Å². The van der Waals surface area contributed by atoms with Crippen LogP contribution in [-0.2, 0) is 10.2 Å². The Bertz CT molecular complexity index is 1150. The Morgan fingerprint density at radius 1 is 0.906 bits per heavy atom. The maximum atomic E-state index is 13.0. The highest BCUT2D eigenvalue weighted by atomic mass is 16.6. The number of carbonyl (C=O) groups is 1. The Morgan fingerprint density at radius 2 is 1.59 bits per heavy atom. The third-order valence-corrected chi connectivity index (χ3v) is 5.58. The van der Waals surface area contributed by atoms with E-state index in [9.17, 15) is 4.79 Å². The Labute approximate surface area is 189 Å². The number of hydrogen-bond donors (Lipinski definition) is 1. The highest BCUT2D eigenvalue weighted by Crippen LogP contribution is 2.33. The van der Waals surface area contributed by atoms with Gasteiger partial charge in [-0.1, -0.05) is 69.3 Å². The first-order valence-electron chi connectivity index (χ1n) is 10.9. The van der Waals surface area contributed by atoms with Crippen molar-refractivity contribution in [3.05, 3.63) is 95.1 Å². The van der Waals surface area contributed by atoms with E-state index in [-0.39, 0.29) is 11.3 Å². The van der Waals surface area contributed by atoms with Crippen molar-refractivity contribution >= 4 is 17.2 Å². The van der Waals surface area contributed by atoms with Crippen molar-refractivity contribution < 1.29 is 14.3 Å². The van der Waals surface area contributed by atoms with Crippen molar-refractivity contribution in [1.29, 1.82) is 0 Å². The van der Waals surface area contributed by atoms with Crippen LogP contribution < -0.4 is 14.8 Å². The van der Waals surface area contributed by atoms with Gasteiger partial charge >= 0.3 is 0 Å². The summed E-state index contributed by atoms with van der Waals surface area (Å²) in [6.45, 7) is 9.69. The minimum atomic E-state index is -0.195. The smallest absolute Gasteiger partial charge is 0.249 e. The number of nitrogens with one attached hydrogen (secondary N) is 1. The number of hydrogen-bond acceptors (Lipinski definition) is 3. The molecule has 1 aliphatic heterocycles. The average molecular weight is 428 g/mol. The predicted molar refractivity (Wildman–Crippen MR) is 129 cm³/mol. The minimum Gasteiger partial charge on any atom is -0.486 e. The second kappa shape index (κ2) is 8.91. The van der Waals surface area contributed by atoms with Gasteiger partial charge in [0.25, 0.3) is 0 Å². The number of carbonyl (C=O) groups excluding carboxylic acids is 1. The highest BCUT2D eigenvalue weighted by Gasteiger charge is 2.16. The molecule has 0 spiro atoms. The summed E-state index contributed by atoms with van der Waals surface area (Å²) in [5, 5.41) is 2.97. The first-order chi connectivity index (χ1) is 15.3. The molecular formula is C28H29NO3. The van der Waals surface area contributed by atoms with E-state index in [2.05, 4.69) is 69.4 Å². The fraction of sp³-hybridized carbons (Fsp3) is 0.250. The monoisotopic (exact) mass is 427 g/mol. The van der Waals surface area contributed by atoms with Gasteiger partial charge in [0.15, 0.2) is 11.5 Å². The number of benzene rings is 3. The highest BCUT2D eigenvalue weighted by molar-refractivity contribution is 6.06. The molecule has 4 nitrogen and oxygen atoms in total. The lowest BCUT2D eigenvalue weighted by Crippen LogP contribution is -2.16. The van der Waals surface area contributed by atoms with Gasteiger partial charge in [-0.3, -0.25) is 4.79 Å². The molecule has 0 saturated heterocycles. The van der Waals surface area contributed by atoms with Crippen LogP contribution in [0.25, 0.3) is 5.57 Å². The second-order valence-corrected chi connectivity index (χ2v) is 9.05. The van der Waals surface area contributed by atoms with Gasteiger partial charge in [-0.05, 0) is 52.3 Å². The molecule has 3 aromatic rings. The summed E-state index contributed by atoms with van der Waals surface area (Å²) >= 11 is 0. The normalized spacial score (nSPS) is 13.6. The zero-order valence-corrected chi connectivity index (χ0v) is 19.1. The van der Waals surface area contributed by atoms with E-state index in [1.807, 2.05) is 24.3 Å². The standard InChI is InChI=1S/C28H29NO3/c1-19-7-5-6-8-23(19)24(20-9-11-21(12-10-20)28(2,3)4)18-27(30)29-22-13-14-25-26(17-22)32-16-15-31-25/h5-14,17-18H,15-16H2,1-4H3,(H,29,30)/b24-18+. The first-order valence-corrected chi connectivity index (χ1v) is 10.9. The zero-order valence-electron chi connectivity index (χ0n) is 19.1. The van der Waals surface area contributed by atoms with E-state index < -0.39 is 0 Å². The molecule has 0 fully saturated rings. The second-order valence-electron chi connectivity index (χ2n) is 9.05. The van der Waals surface area contributed by atoms with Crippen LogP contribution in [0.15, 0.2) is 72.8 Å². The van der Waals surface area contributed by atoms with Gasteiger partial charge in [-0.25, -0.2) is 0 Å². The van der Waals surface area contributed by atoms with E-state index in [0.29, 0.717) is 30.4 Å². The number of fused-ring (bicyclic) bond motifs is 1. The van der Waals surface area contributed by atoms with Crippen molar-refractivity contribution in [2.45, 2.75) is 33.1 Å². The van der Waals surface area contributed by atoms with Crippen LogP contribution in [0.3, 0.4) is 0 Å².